The van der Waals surface area contributed by atoms with E-state index in [0.717, 1.165) is 0 Å². The molecule has 0 radical (unpaired) electrons. The fourth-order valence-electron chi connectivity index (χ4n) is 2.46. The fourth-order valence-corrected chi connectivity index (χ4v) is 2.46. The Hall–Kier alpha value is -1.42. The predicted molar refractivity (Wildman–Crippen MR) is 63.7 cm³/mol. The standard InChI is InChI=1S/C13H17FN2O/c1-2-16-12(17)8-7-11(15)13(16)9-5-3-4-6-10(9)14/h3-6,11,13H,2,7-8,15H2,1H3. The van der Waals surface area contributed by atoms with Crippen LogP contribution in [0.15, 0.2) is 24.3 Å². The van der Waals surface area contributed by atoms with Crippen molar-refractivity contribution in [3.8, 4) is 0 Å². The van der Waals surface area contributed by atoms with Gasteiger partial charge in [-0.1, -0.05) is 18.2 Å². The molecule has 1 saturated heterocycles. The van der Waals surface area contributed by atoms with Crippen molar-refractivity contribution in [3.05, 3.63) is 35.6 Å². The lowest BCUT2D eigenvalue weighted by atomic mass is 9.90. The van der Waals surface area contributed by atoms with E-state index in [-0.39, 0.29) is 23.8 Å². The van der Waals surface area contributed by atoms with Crippen LogP contribution in [0.5, 0.6) is 0 Å². The molecule has 92 valence electrons. The van der Waals surface area contributed by atoms with Crippen molar-refractivity contribution in [2.75, 3.05) is 6.54 Å². The molecule has 0 spiro atoms. The van der Waals surface area contributed by atoms with Crippen LogP contribution < -0.4 is 5.73 Å². The molecular formula is C13H17FN2O. The first-order valence-corrected chi connectivity index (χ1v) is 5.94. The maximum atomic E-state index is 13.8. The minimum absolute atomic E-state index is 0.0578. The number of benzene rings is 1. The Labute approximate surface area is 100 Å². The number of hydrogen-bond acceptors (Lipinski definition) is 2. The highest BCUT2D eigenvalue weighted by Crippen LogP contribution is 2.31. The molecule has 1 heterocycles. The van der Waals surface area contributed by atoms with Gasteiger partial charge in [0.05, 0.1) is 6.04 Å². The van der Waals surface area contributed by atoms with Crippen LogP contribution in [0.3, 0.4) is 0 Å². The van der Waals surface area contributed by atoms with E-state index >= 15 is 0 Å². The third-order valence-corrected chi connectivity index (χ3v) is 3.32. The normalized spacial score (nSPS) is 25.1. The van der Waals surface area contributed by atoms with Crippen LogP contribution in [0.4, 0.5) is 4.39 Å². The summed E-state index contributed by atoms with van der Waals surface area (Å²) >= 11 is 0. The highest BCUT2D eigenvalue weighted by atomic mass is 19.1. The SMILES string of the molecule is CCN1C(=O)CCC(N)C1c1ccccc1F. The number of carbonyl (C=O) groups is 1. The van der Waals surface area contributed by atoms with Crippen LogP contribution in [0.2, 0.25) is 0 Å². The molecule has 0 aromatic heterocycles. The van der Waals surface area contributed by atoms with Crippen LogP contribution in [0.25, 0.3) is 0 Å². The summed E-state index contributed by atoms with van der Waals surface area (Å²) in [6, 6.07) is 6.02. The third-order valence-electron chi connectivity index (χ3n) is 3.32. The molecule has 2 N–H and O–H groups in total. The van der Waals surface area contributed by atoms with Crippen LogP contribution in [0.1, 0.15) is 31.4 Å². The number of nitrogens with two attached hydrogens (primary N) is 1. The average molecular weight is 236 g/mol. The van der Waals surface area contributed by atoms with Gasteiger partial charge in [-0.05, 0) is 19.4 Å². The molecular weight excluding hydrogens is 219 g/mol. The van der Waals surface area contributed by atoms with Crippen molar-refractivity contribution >= 4 is 5.91 Å². The van der Waals surface area contributed by atoms with Crippen molar-refractivity contribution in [3.63, 3.8) is 0 Å². The Balaban J connectivity index is 2.39. The van der Waals surface area contributed by atoms with E-state index in [0.29, 0.717) is 24.9 Å². The Kier molecular flexibility index (Phi) is 3.43. The maximum Gasteiger partial charge on any atom is 0.223 e. The Morgan fingerprint density at radius 3 is 2.82 bits per heavy atom. The smallest absolute Gasteiger partial charge is 0.223 e. The molecule has 0 aliphatic carbocycles. The number of likely N-dealkylation sites (N-methyl/N-ethyl adjacent to an activating group) is 1. The number of amides is 1. The summed E-state index contributed by atoms with van der Waals surface area (Å²) in [7, 11) is 0. The zero-order valence-electron chi connectivity index (χ0n) is 9.90. The molecule has 1 aromatic rings. The first kappa shape index (κ1) is 12.0. The zero-order valence-corrected chi connectivity index (χ0v) is 9.90. The van der Waals surface area contributed by atoms with Crippen LogP contribution in [-0.4, -0.2) is 23.4 Å². The quantitative estimate of drug-likeness (QED) is 0.851. The minimum atomic E-state index is -0.331. The molecule has 1 fully saturated rings. The molecule has 17 heavy (non-hydrogen) atoms. The van der Waals surface area contributed by atoms with E-state index in [4.69, 9.17) is 5.73 Å². The monoisotopic (exact) mass is 236 g/mol. The van der Waals surface area contributed by atoms with Crippen molar-refractivity contribution < 1.29 is 9.18 Å². The molecule has 1 aliphatic rings. The first-order valence-electron chi connectivity index (χ1n) is 5.94. The zero-order chi connectivity index (χ0) is 12.4. The largest absolute Gasteiger partial charge is 0.334 e. The molecule has 1 aromatic carbocycles. The van der Waals surface area contributed by atoms with Gasteiger partial charge in [-0.25, -0.2) is 4.39 Å². The number of piperidine rings is 1. The average Bonchev–Trinajstić information content (AvgIpc) is 2.33. The van der Waals surface area contributed by atoms with E-state index in [1.165, 1.54) is 6.07 Å². The van der Waals surface area contributed by atoms with Crippen LogP contribution in [0, 0.1) is 5.82 Å². The summed E-state index contributed by atoms with van der Waals surface area (Å²) in [5.41, 5.74) is 6.57. The second-order valence-corrected chi connectivity index (χ2v) is 4.35. The van der Waals surface area contributed by atoms with Gasteiger partial charge < -0.3 is 10.6 Å². The third kappa shape index (κ3) is 2.17. The summed E-state index contributed by atoms with van der Waals surface area (Å²) < 4.78 is 13.8. The molecule has 2 rings (SSSR count). The topological polar surface area (TPSA) is 46.3 Å². The molecule has 2 unspecified atom stereocenters. The predicted octanol–water partition coefficient (Wildman–Crippen LogP) is 1.84. The summed E-state index contributed by atoms with van der Waals surface area (Å²) in [5.74, 6) is -0.233. The van der Waals surface area contributed by atoms with Gasteiger partial charge in [0.1, 0.15) is 5.82 Å². The molecule has 1 aliphatic heterocycles. The van der Waals surface area contributed by atoms with Crippen LogP contribution >= 0.6 is 0 Å². The molecule has 1 amide bonds. The lowest BCUT2D eigenvalue weighted by molar-refractivity contribution is -0.137. The highest BCUT2D eigenvalue weighted by molar-refractivity contribution is 5.77. The maximum absolute atomic E-state index is 13.8. The van der Waals surface area contributed by atoms with Gasteiger partial charge in [-0.2, -0.15) is 0 Å². The van der Waals surface area contributed by atoms with Crippen molar-refractivity contribution in [1.82, 2.24) is 4.90 Å². The van der Waals surface area contributed by atoms with Gasteiger partial charge in [-0.3, -0.25) is 4.79 Å². The van der Waals surface area contributed by atoms with Gasteiger partial charge in [-0.15, -0.1) is 0 Å². The number of rotatable bonds is 2. The molecule has 3 nitrogen and oxygen atoms in total. The Morgan fingerprint density at radius 2 is 2.18 bits per heavy atom. The van der Waals surface area contributed by atoms with Gasteiger partial charge in [0.2, 0.25) is 5.91 Å². The van der Waals surface area contributed by atoms with E-state index in [9.17, 15) is 9.18 Å². The number of nitrogens with zero attached hydrogens (tertiary/aromatic N) is 1. The lowest BCUT2D eigenvalue weighted by Gasteiger charge is -2.39. The second kappa shape index (κ2) is 4.84. The number of carbonyl (C=O) groups excluding carboxylic acids is 1. The number of hydrogen-bond donors (Lipinski definition) is 1. The van der Waals surface area contributed by atoms with Crippen molar-refractivity contribution in [2.24, 2.45) is 5.73 Å². The fraction of sp³-hybridized carbons (Fsp3) is 0.462. The molecule has 0 saturated carbocycles. The van der Waals surface area contributed by atoms with Crippen molar-refractivity contribution in [1.29, 1.82) is 0 Å². The lowest BCUT2D eigenvalue weighted by Crippen LogP contribution is -2.48. The van der Waals surface area contributed by atoms with E-state index < -0.39 is 0 Å². The molecule has 2 atom stereocenters. The molecule has 4 heteroatoms. The first-order chi connectivity index (χ1) is 8.15. The second-order valence-electron chi connectivity index (χ2n) is 4.35. The van der Waals surface area contributed by atoms with Gasteiger partial charge in [0.15, 0.2) is 0 Å². The number of halogens is 1. The van der Waals surface area contributed by atoms with E-state index in [1.807, 2.05) is 6.92 Å². The van der Waals surface area contributed by atoms with Gasteiger partial charge in [0.25, 0.3) is 0 Å². The van der Waals surface area contributed by atoms with Crippen molar-refractivity contribution in [2.45, 2.75) is 31.8 Å². The van der Waals surface area contributed by atoms with Crippen LogP contribution in [-0.2, 0) is 4.79 Å². The summed E-state index contributed by atoms with van der Waals surface area (Å²) in [5, 5.41) is 0. The Bertz CT molecular complexity index is 422. The minimum Gasteiger partial charge on any atom is -0.334 e. The summed E-state index contributed by atoms with van der Waals surface area (Å²) in [4.78, 5) is 13.5. The van der Waals surface area contributed by atoms with E-state index in [2.05, 4.69) is 0 Å². The van der Waals surface area contributed by atoms with E-state index in [1.54, 1.807) is 23.1 Å². The highest BCUT2D eigenvalue weighted by Gasteiger charge is 2.35. The summed E-state index contributed by atoms with van der Waals surface area (Å²) in [6.45, 7) is 2.45. The van der Waals surface area contributed by atoms with Gasteiger partial charge in [0, 0.05) is 24.6 Å². The summed E-state index contributed by atoms with van der Waals surface area (Å²) in [6.07, 6.45) is 1.08. The number of likely N-dealkylation sites (tertiary alicyclic amines) is 1. The Morgan fingerprint density at radius 1 is 1.47 bits per heavy atom. The van der Waals surface area contributed by atoms with Gasteiger partial charge >= 0.3 is 0 Å². The molecule has 0 bridgehead atoms.